The second-order valence-corrected chi connectivity index (χ2v) is 8.51. The van der Waals surface area contributed by atoms with E-state index in [-0.39, 0.29) is 23.7 Å². The summed E-state index contributed by atoms with van der Waals surface area (Å²) in [6.45, 7) is 3.53. The fraction of sp³-hybridized carbons (Fsp3) is 0.190. The molecule has 0 atom stereocenters. The molecule has 0 radical (unpaired) electrons. The Labute approximate surface area is 168 Å². The molecule has 0 bridgehead atoms. The number of fused-ring (bicyclic) bond motifs is 1. The van der Waals surface area contributed by atoms with E-state index in [0.29, 0.717) is 21.3 Å². The van der Waals surface area contributed by atoms with Gasteiger partial charge in [0.1, 0.15) is 10.6 Å². The van der Waals surface area contributed by atoms with E-state index in [1.165, 1.54) is 40.4 Å². The molecule has 142 valence electrons. The summed E-state index contributed by atoms with van der Waals surface area (Å²) in [6, 6.07) is 8.17. The van der Waals surface area contributed by atoms with Gasteiger partial charge in [0, 0.05) is 20.9 Å². The molecule has 0 N–H and O–H groups in total. The number of aryl methyl sites for hydroxylation is 2. The van der Waals surface area contributed by atoms with Crippen molar-refractivity contribution in [1.29, 1.82) is 0 Å². The molecule has 0 aliphatic rings. The molecular weight excluding hydrogens is 395 g/mol. The standard InChI is InChI=1S/C21H17FN2O2S2/c1-3-16-18(17-5-4-8-27-17)19-20(28-16)23-11-24(21(19)26)10-15(25)13-6-7-14(22)12(2)9-13/h4-9,11H,3,10H2,1-2H3. The third-order valence-corrected chi connectivity index (χ3v) is 6.76. The predicted octanol–water partition coefficient (Wildman–Crippen LogP) is 5.08. The first kappa shape index (κ1) is 18.7. The summed E-state index contributed by atoms with van der Waals surface area (Å²) in [4.78, 5) is 33.1. The fourth-order valence-corrected chi connectivity index (χ4v) is 5.13. The number of thiophene rings is 2. The largest absolute Gasteiger partial charge is 0.292 e. The van der Waals surface area contributed by atoms with E-state index in [1.54, 1.807) is 18.3 Å². The van der Waals surface area contributed by atoms with E-state index in [1.807, 2.05) is 17.5 Å². The Hall–Kier alpha value is -2.64. The van der Waals surface area contributed by atoms with Crippen molar-refractivity contribution < 1.29 is 9.18 Å². The van der Waals surface area contributed by atoms with Crippen molar-refractivity contribution in [2.75, 3.05) is 0 Å². The maximum Gasteiger partial charge on any atom is 0.263 e. The lowest BCUT2D eigenvalue weighted by Gasteiger charge is -2.07. The summed E-state index contributed by atoms with van der Waals surface area (Å²) in [5.74, 6) is -0.613. The summed E-state index contributed by atoms with van der Waals surface area (Å²) >= 11 is 3.10. The van der Waals surface area contributed by atoms with Gasteiger partial charge < -0.3 is 0 Å². The Bertz CT molecular complexity index is 1240. The van der Waals surface area contributed by atoms with Crippen LogP contribution in [0.2, 0.25) is 0 Å². The second kappa shape index (κ2) is 7.41. The molecule has 0 unspecified atom stereocenters. The number of carbonyl (C=O) groups is 1. The quantitative estimate of drug-likeness (QED) is 0.430. The lowest BCUT2D eigenvalue weighted by molar-refractivity contribution is 0.0970. The summed E-state index contributed by atoms with van der Waals surface area (Å²) in [5.41, 5.74) is 1.48. The molecule has 7 heteroatoms. The Kier molecular flexibility index (Phi) is 4.95. The molecule has 28 heavy (non-hydrogen) atoms. The highest BCUT2D eigenvalue weighted by Gasteiger charge is 2.20. The van der Waals surface area contributed by atoms with Crippen LogP contribution < -0.4 is 5.56 Å². The number of nitrogens with zero attached hydrogens (tertiary/aromatic N) is 2. The van der Waals surface area contributed by atoms with Crippen LogP contribution in [0, 0.1) is 12.7 Å². The first-order valence-corrected chi connectivity index (χ1v) is 10.5. The highest BCUT2D eigenvalue weighted by Crippen LogP contribution is 2.38. The van der Waals surface area contributed by atoms with Crippen LogP contribution >= 0.6 is 22.7 Å². The number of halogens is 1. The predicted molar refractivity (Wildman–Crippen MR) is 112 cm³/mol. The summed E-state index contributed by atoms with van der Waals surface area (Å²) < 4.78 is 14.8. The van der Waals surface area contributed by atoms with Crippen molar-refractivity contribution >= 4 is 38.7 Å². The van der Waals surface area contributed by atoms with Gasteiger partial charge in [-0.3, -0.25) is 14.2 Å². The van der Waals surface area contributed by atoms with Crippen LogP contribution in [0.25, 0.3) is 20.7 Å². The maximum atomic E-state index is 13.5. The van der Waals surface area contributed by atoms with Crippen LogP contribution in [-0.4, -0.2) is 15.3 Å². The molecule has 0 amide bonds. The molecule has 4 rings (SSSR count). The highest BCUT2D eigenvalue weighted by molar-refractivity contribution is 7.20. The van der Waals surface area contributed by atoms with Crippen molar-refractivity contribution in [3.8, 4) is 10.4 Å². The summed E-state index contributed by atoms with van der Waals surface area (Å²) in [5, 5.41) is 2.54. The molecule has 0 saturated carbocycles. The molecule has 0 spiro atoms. The third kappa shape index (κ3) is 3.21. The van der Waals surface area contributed by atoms with E-state index in [9.17, 15) is 14.0 Å². The number of Topliss-reactive ketones (excluding diaryl/α,β-unsaturated/α-hetero) is 1. The van der Waals surface area contributed by atoms with Gasteiger partial charge >= 0.3 is 0 Å². The van der Waals surface area contributed by atoms with E-state index in [4.69, 9.17) is 0 Å². The number of hydrogen-bond acceptors (Lipinski definition) is 5. The number of hydrogen-bond donors (Lipinski definition) is 0. The minimum atomic E-state index is -0.359. The van der Waals surface area contributed by atoms with Crippen LogP contribution in [0.4, 0.5) is 4.39 Å². The van der Waals surface area contributed by atoms with Crippen molar-refractivity contribution in [3.63, 3.8) is 0 Å². The smallest absolute Gasteiger partial charge is 0.263 e. The Morgan fingerprint density at radius 3 is 2.79 bits per heavy atom. The van der Waals surface area contributed by atoms with Crippen molar-refractivity contribution in [3.05, 3.63) is 74.2 Å². The number of rotatable bonds is 5. The Balaban J connectivity index is 1.79. The van der Waals surface area contributed by atoms with Gasteiger partial charge in [0.25, 0.3) is 5.56 Å². The molecule has 0 aliphatic carbocycles. The monoisotopic (exact) mass is 412 g/mol. The van der Waals surface area contributed by atoms with Gasteiger partial charge in [-0.05, 0) is 48.6 Å². The number of aromatic nitrogens is 2. The SMILES string of the molecule is CCc1sc2ncn(CC(=O)c3ccc(F)c(C)c3)c(=O)c2c1-c1cccs1. The normalized spacial score (nSPS) is 11.2. The molecule has 0 saturated heterocycles. The Morgan fingerprint density at radius 2 is 2.11 bits per heavy atom. The van der Waals surface area contributed by atoms with Crippen LogP contribution in [-0.2, 0) is 13.0 Å². The molecule has 4 nitrogen and oxygen atoms in total. The lowest BCUT2D eigenvalue weighted by Crippen LogP contribution is -2.24. The van der Waals surface area contributed by atoms with Crippen LogP contribution in [0.1, 0.15) is 27.7 Å². The first-order chi connectivity index (χ1) is 13.5. The third-order valence-electron chi connectivity index (χ3n) is 4.63. The van der Waals surface area contributed by atoms with Crippen LogP contribution in [0.5, 0.6) is 0 Å². The second-order valence-electron chi connectivity index (χ2n) is 6.48. The molecule has 1 aromatic carbocycles. The maximum absolute atomic E-state index is 13.5. The summed E-state index contributed by atoms with van der Waals surface area (Å²) in [6.07, 6.45) is 2.23. The molecule has 4 aromatic rings. The van der Waals surface area contributed by atoms with Crippen molar-refractivity contribution in [1.82, 2.24) is 9.55 Å². The van der Waals surface area contributed by atoms with Gasteiger partial charge in [0.2, 0.25) is 0 Å². The minimum absolute atomic E-state index is 0.131. The molecule has 3 aromatic heterocycles. The van der Waals surface area contributed by atoms with Crippen molar-refractivity contribution in [2.45, 2.75) is 26.8 Å². The van der Waals surface area contributed by atoms with Gasteiger partial charge in [-0.1, -0.05) is 13.0 Å². The zero-order valence-electron chi connectivity index (χ0n) is 15.4. The average molecular weight is 413 g/mol. The topological polar surface area (TPSA) is 52.0 Å². The number of ketones is 1. The molecule has 3 heterocycles. The number of benzene rings is 1. The van der Waals surface area contributed by atoms with E-state index >= 15 is 0 Å². The fourth-order valence-electron chi connectivity index (χ4n) is 3.18. The van der Waals surface area contributed by atoms with Crippen molar-refractivity contribution in [2.24, 2.45) is 0 Å². The zero-order valence-corrected chi connectivity index (χ0v) is 17.0. The van der Waals surface area contributed by atoms with E-state index in [0.717, 1.165) is 21.7 Å². The highest BCUT2D eigenvalue weighted by atomic mass is 32.1. The average Bonchev–Trinajstić information content (AvgIpc) is 3.33. The van der Waals surface area contributed by atoms with Crippen LogP contribution in [0.3, 0.4) is 0 Å². The lowest BCUT2D eigenvalue weighted by atomic mass is 10.1. The van der Waals surface area contributed by atoms with Gasteiger partial charge in [-0.25, -0.2) is 9.37 Å². The van der Waals surface area contributed by atoms with E-state index in [2.05, 4.69) is 11.9 Å². The van der Waals surface area contributed by atoms with Gasteiger partial charge in [-0.2, -0.15) is 0 Å². The van der Waals surface area contributed by atoms with Gasteiger partial charge in [0.05, 0.1) is 18.3 Å². The first-order valence-electron chi connectivity index (χ1n) is 8.83. The number of carbonyl (C=O) groups excluding carboxylic acids is 1. The Morgan fingerprint density at radius 1 is 1.29 bits per heavy atom. The minimum Gasteiger partial charge on any atom is -0.292 e. The molecule has 0 fully saturated rings. The molecule has 0 aliphatic heterocycles. The van der Waals surface area contributed by atoms with E-state index < -0.39 is 0 Å². The zero-order chi connectivity index (χ0) is 19.8. The molecular formula is C21H17FN2O2S2. The van der Waals surface area contributed by atoms with Crippen LogP contribution in [0.15, 0.2) is 46.8 Å². The van der Waals surface area contributed by atoms with Gasteiger partial charge in [0.15, 0.2) is 5.78 Å². The van der Waals surface area contributed by atoms with Gasteiger partial charge in [-0.15, -0.1) is 22.7 Å². The summed E-state index contributed by atoms with van der Waals surface area (Å²) in [7, 11) is 0.